The highest BCUT2D eigenvalue weighted by molar-refractivity contribution is 9.11. The standard InChI is InChI=1S/C11H10BrNOS/c12-11-2-1-10(15-11)8-14-7-9-3-5-13-6-4-9/h1-6H,7-8H2. The van der Waals surface area contributed by atoms with Crippen LogP contribution >= 0.6 is 27.3 Å². The van der Waals surface area contributed by atoms with E-state index in [1.807, 2.05) is 18.2 Å². The van der Waals surface area contributed by atoms with Crippen LogP contribution in [0.5, 0.6) is 0 Å². The van der Waals surface area contributed by atoms with Crippen LogP contribution < -0.4 is 0 Å². The first-order chi connectivity index (χ1) is 7.34. The van der Waals surface area contributed by atoms with Gasteiger partial charge in [0.2, 0.25) is 0 Å². The molecular weight excluding hydrogens is 274 g/mol. The van der Waals surface area contributed by atoms with Crippen LogP contribution in [0.3, 0.4) is 0 Å². The number of rotatable bonds is 4. The van der Waals surface area contributed by atoms with Gasteiger partial charge in [-0.3, -0.25) is 4.98 Å². The molecular formula is C11H10BrNOS. The molecule has 0 aliphatic rings. The van der Waals surface area contributed by atoms with E-state index in [0.717, 1.165) is 9.35 Å². The fraction of sp³-hybridized carbons (Fsp3) is 0.182. The largest absolute Gasteiger partial charge is 0.371 e. The van der Waals surface area contributed by atoms with Crippen molar-refractivity contribution in [1.29, 1.82) is 0 Å². The maximum atomic E-state index is 5.58. The molecule has 2 aromatic rings. The summed E-state index contributed by atoms with van der Waals surface area (Å²) in [5.41, 5.74) is 1.15. The molecule has 0 aliphatic carbocycles. The first-order valence-electron chi connectivity index (χ1n) is 4.55. The second-order valence-corrected chi connectivity index (χ2v) is 5.60. The van der Waals surface area contributed by atoms with Crippen LogP contribution in [0.25, 0.3) is 0 Å². The minimum atomic E-state index is 0.637. The van der Waals surface area contributed by atoms with Crippen LogP contribution in [0.4, 0.5) is 0 Å². The predicted molar refractivity (Wildman–Crippen MR) is 64.7 cm³/mol. The quantitative estimate of drug-likeness (QED) is 0.855. The third kappa shape index (κ3) is 3.41. The monoisotopic (exact) mass is 283 g/mol. The predicted octanol–water partition coefficient (Wildman–Crippen LogP) is 3.62. The van der Waals surface area contributed by atoms with E-state index in [-0.39, 0.29) is 0 Å². The zero-order chi connectivity index (χ0) is 10.5. The third-order valence-corrected chi connectivity index (χ3v) is 3.49. The summed E-state index contributed by atoms with van der Waals surface area (Å²) in [6, 6.07) is 8.03. The molecule has 0 atom stereocenters. The van der Waals surface area contributed by atoms with E-state index in [0.29, 0.717) is 13.2 Å². The lowest BCUT2D eigenvalue weighted by atomic mass is 10.3. The Labute approximate surface area is 101 Å². The number of thiophene rings is 1. The van der Waals surface area contributed by atoms with Crippen LogP contribution in [0.15, 0.2) is 40.4 Å². The summed E-state index contributed by atoms with van der Waals surface area (Å²) in [4.78, 5) is 5.19. The number of ether oxygens (including phenoxy) is 1. The Kier molecular flexibility index (Phi) is 3.88. The summed E-state index contributed by atoms with van der Waals surface area (Å²) in [6.07, 6.45) is 3.56. The molecule has 2 heterocycles. The summed E-state index contributed by atoms with van der Waals surface area (Å²) in [5.74, 6) is 0. The van der Waals surface area contributed by atoms with Crippen LogP contribution in [0, 0.1) is 0 Å². The Balaban J connectivity index is 1.80. The Morgan fingerprint density at radius 1 is 1.13 bits per heavy atom. The molecule has 0 unspecified atom stereocenters. The van der Waals surface area contributed by atoms with Crippen LogP contribution in [0.1, 0.15) is 10.4 Å². The van der Waals surface area contributed by atoms with Gasteiger partial charge in [-0.1, -0.05) is 0 Å². The molecule has 0 bridgehead atoms. The fourth-order valence-corrected chi connectivity index (χ4v) is 2.60. The zero-order valence-corrected chi connectivity index (χ0v) is 10.4. The molecule has 2 aromatic heterocycles. The lowest BCUT2D eigenvalue weighted by molar-refractivity contribution is 0.109. The number of hydrogen-bond acceptors (Lipinski definition) is 3. The number of pyridine rings is 1. The van der Waals surface area contributed by atoms with Crippen molar-refractivity contribution < 1.29 is 4.74 Å². The molecule has 0 saturated carbocycles. The van der Waals surface area contributed by atoms with Gasteiger partial charge in [0.25, 0.3) is 0 Å². The first-order valence-corrected chi connectivity index (χ1v) is 6.16. The normalized spacial score (nSPS) is 10.5. The Bertz CT molecular complexity index is 416. The van der Waals surface area contributed by atoms with Gasteiger partial charge in [-0.15, -0.1) is 11.3 Å². The highest BCUT2D eigenvalue weighted by Crippen LogP contribution is 2.22. The first kappa shape index (κ1) is 10.8. The van der Waals surface area contributed by atoms with Crippen molar-refractivity contribution in [1.82, 2.24) is 4.98 Å². The molecule has 0 amide bonds. The third-order valence-electron chi connectivity index (χ3n) is 1.89. The molecule has 0 fully saturated rings. The van der Waals surface area contributed by atoms with Crippen molar-refractivity contribution in [3.8, 4) is 0 Å². The van der Waals surface area contributed by atoms with Gasteiger partial charge in [0, 0.05) is 17.3 Å². The molecule has 0 spiro atoms. The average molecular weight is 284 g/mol. The SMILES string of the molecule is Brc1ccc(COCc2ccncc2)s1. The topological polar surface area (TPSA) is 22.1 Å². The number of halogens is 1. The molecule has 15 heavy (non-hydrogen) atoms. The molecule has 78 valence electrons. The van der Waals surface area contributed by atoms with Crippen molar-refractivity contribution in [3.05, 3.63) is 50.9 Å². The van der Waals surface area contributed by atoms with E-state index >= 15 is 0 Å². The summed E-state index contributed by atoms with van der Waals surface area (Å²) < 4.78 is 6.72. The van der Waals surface area contributed by atoms with Crippen LogP contribution in [-0.4, -0.2) is 4.98 Å². The Morgan fingerprint density at radius 2 is 1.93 bits per heavy atom. The van der Waals surface area contributed by atoms with Crippen molar-refractivity contribution in [2.75, 3.05) is 0 Å². The van der Waals surface area contributed by atoms with Crippen molar-refractivity contribution >= 4 is 27.3 Å². The molecule has 2 rings (SSSR count). The summed E-state index contributed by atoms with van der Waals surface area (Å²) in [6.45, 7) is 1.30. The average Bonchev–Trinajstić information content (AvgIpc) is 2.66. The maximum absolute atomic E-state index is 5.58. The van der Waals surface area contributed by atoms with Crippen molar-refractivity contribution in [2.45, 2.75) is 13.2 Å². The summed E-state index contributed by atoms with van der Waals surface area (Å²) in [5, 5.41) is 0. The second-order valence-electron chi connectivity index (χ2n) is 3.05. The second kappa shape index (κ2) is 5.39. The van der Waals surface area contributed by atoms with Gasteiger partial charge in [-0.25, -0.2) is 0 Å². The molecule has 0 radical (unpaired) electrons. The van der Waals surface area contributed by atoms with E-state index in [9.17, 15) is 0 Å². The van der Waals surface area contributed by atoms with Gasteiger partial charge in [-0.05, 0) is 45.8 Å². The molecule has 0 aliphatic heterocycles. The minimum Gasteiger partial charge on any atom is -0.371 e. The summed E-state index contributed by atoms with van der Waals surface area (Å²) in [7, 11) is 0. The van der Waals surface area contributed by atoms with Crippen LogP contribution in [0.2, 0.25) is 0 Å². The minimum absolute atomic E-state index is 0.637. The zero-order valence-electron chi connectivity index (χ0n) is 8.02. The highest BCUT2D eigenvalue weighted by atomic mass is 79.9. The fourth-order valence-electron chi connectivity index (χ4n) is 1.18. The molecule has 0 N–H and O–H groups in total. The molecule has 0 aromatic carbocycles. The smallest absolute Gasteiger partial charge is 0.0814 e. The van der Waals surface area contributed by atoms with Gasteiger partial charge < -0.3 is 4.74 Å². The van der Waals surface area contributed by atoms with Gasteiger partial charge >= 0.3 is 0 Å². The Hall–Kier alpha value is -0.710. The number of hydrogen-bond donors (Lipinski definition) is 0. The molecule has 2 nitrogen and oxygen atoms in total. The van der Waals surface area contributed by atoms with Gasteiger partial charge in [0.15, 0.2) is 0 Å². The van der Waals surface area contributed by atoms with E-state index in [1.54, 1.807) is 23.7 Å². The van der Waals surface area contributed by atoms with Crippen molar-refractivity contribution in [3.63, 3.8) is 0 Å². The lowest BCUT2D eigenvalue weighted by Crippen LogP contribution is -1.92. The summed E-state index contributed by atoms with van der Waals surface area (Å²) >= 11 is 5.13. The van der Waals surface area contributed by atoms with E-state index in [4.69, 9.17) is 4.74 Å². The van der Waals surface area contributed by atoms with Crippen LogP contribution in [-0.2, 0) is 18.0 Å². The molecule has 0 saturated heterocycles. The number of aromatic nitrogens is 1. The van der Waals surface area contributed by atoms with Gasteiger partial charge in [0.1, 0.15) is 0 Å². The number of nitrogens with zero attached hydrogens (tertiary/aromatic N) is 1. The van der Waals surface area contributed by atoms with E-state index in [2.05, 4.69) is 27.0 Å². The Morgan fingerprint density at radius 3 is 2.60 bits per heavy atom. The van der Waals surface area contributed by atoms with E-state index < -0.39 is 0 Å². The lowest BCUT2D eigenvalue weighted by Gasteiger charge is -2.01. The van der Waals surface area contributed by atoms with Gasteiger partial charge in [-0.2, -0.15) is 0 Å². The van der Waals surface area contributed by atoms with Crippen molar-refractivity contribution in [2.24, 2.45) is 0 Å². The molecule has 4 heteroatoms. The maximum Gasteiger partial charge on any atom is 0.0814 e. The van der Waals surface area contributed by atoms with E-state index in [1.165, 1.54) is 4.88 Å². The highest BCUT2D eigenvalue weighted by Gasteiger charge is 1.98. The van der Waals surface area contributed by atoms with Gasteiger partial charge in [0.05, 0.1) is 17.0 Å².